The number of likely N-dealkylation sites (tertiary alicyclic amines) is 1. The number of nitrogens with zero attached hydrogens (tertiary/aromatic N) is 1. The van der Waals surface area contributed by atoms with E-state index < -0.39 is 0 Å². The fourth-order valence-electron chi connectivity index (χ4n) is 2.34. The lowest BCUT2D eigenvalue weighted by molar-refractivity contribution is -0.123. The van der Waals surface area contributed by atoms with Crippen molar-refractivity contribution in [1.29, 1.82) is 0 Å². The molecule has 1 N–H and O–H groups in total. The number of piperidine rings is 1. The highest BCUT2D eigenvalue weighted by Gasteiger charge is 2.22. The largest absolute Gasteiger partial charge is 0.353 e. The van der Waals surface area contributed by atoms with Gasteiger partial charge in [-0.15, -0.1) is 0 Å². The van der Waals surface area contributed by atoms with Crippen molar-refractivity contribution in [3.05, 3.63) is 0 Å². The summed E-state index contributed by atoms with van der Waals surface area (Å²) in [6.07, 6.45) is 5.99. The van der Waals surface area contributed by atoms with Gasteiger partial charge in [-0.3, -0.25) is 9.69 Å². The summed E-state index contributed by atoms with van der Waals surface area (Å²) < 4.78 is 0. The second-order valence-corrected chi connectivity index (χ2v) is 4.91. The molecule has 1 rings (SSSR count). The standard InChI is InChI=1S/C13H26N2O/c1-4-11(3)14-13(16)10-15-9-7-6-8-12(15)5-2/h11-12H,4-10H2,1-3H3,(H,14,16). The molecular weight excluding hydrogens is 200 g/mol. The molecule has 1 heterocycles. The lowest BCUT2D eigenvalue weighted by Gasteiger charge is -2.34. The van der Waals surface area contributed by atoms with Crippen molar-refractivity contribution in [2.24, 2.45) is 0 Å². The summed E-state index contributed by atoms with van der Waals surface area (Å²) in [5, 5.41) is 3.04. The van der Waals surface area contributed by atoms with Gasteiger partial charge in [0.05, 0.1) is 6.54 Å². The van der Waals surface area contributed by atoms with Gasteiger partial charge in [-0.25, -0.2) is 0 Å². The molecule has 2 unspecified atom stereocenters. The third-order valence-electron chi connectivity index (χ3n) is 3.59. The maximum atomic E-state index is 11.8. The normalized spacial score (nSPS) is 24.1. The SMILES string of the molecule is CCC(C)NC(=O)CN1CCCCC1CC. The van der Waals surface area contributed by atoms with Crippen LogP contribution in [0, 0.1) is 0 Å². The molecule has 0 radical (unpaired) electrons. The van der Waals surface area contributed by atoms with Crippen molar-refractivity contribution < 1.29 is 4.79 Å². The van der Waals surface area contributed by atoms with Crippen LogP contribution in [-0.4, -0.2) is 36.0 Å². The first-order chi connectivity index (χ1) is 7.67. The molecule has 0 aliphatic carbocycles. The summed E-state index contributed by atoms with van der Waals surface area (Å²) in [6, 6.07) is 0.925. The van der Waals surface area contributed by atoms with Crippen LogP contribution in [0.3, 0.4) is 0 Å². The van der Waals surface area contributed by atoms with Crippen LogP contribution in [0.4, 0.5) is 0 Å². The molecule has 1 saturated heterocycles. The lowest BCUT2D eigenvalue weighted by atomic mass is 10.00. The zero-order valence-corrected chi connectivity index (χ0v) is 11.0. The monoisotopic (exact) mass is 226 g/mol. The number of carbonyl (C=O) groups excluding carboxylic acids is 1. The summed E-state index contributed by atoms with van der Waals surface area (Å²) in [5.74, 6) is 0.190. The number of nitrogens with one attached hydrogen (secondary N) is 1. The minimum absolute atomic E-state index is 0.190. The molecule has 3 nitrogen and oxygen atoms in total. The molecule has 0 aromatic heterocycles. The van der Waals surface area contributed by atoms with Gasteiger partial charge in [-0.1, -0.05) is 20.3 Å². The molecule has 2 atom stereocenters. The Morgan fingerprint density at radius 3 is 2.81 bits per heavy atom. The molecule has 16 heavy (non-hydrogen) atoms. The van der Waals surface area contributed by atoms with Gasteiger partial charge in [0.15, 0.2) is 0 Å². The van der Waals surface area contributed by atoms with E-state index >= 15 is 0 Å². The molecular formula is C13H26N2O. The molecule has 1 aliphatic rings. The average molecular weight is 226 g/mol. The molecule has 1 amide bonds. The number of hydrogen-bond acceptors (Lipinski definition) is 2. The topological polar surface area (TPSA) is 32.3 Å². The van der Waals surface area contributed by atoms with Gasteiger partial charge in [0.2, 0.25) is 5.91 Å². The van der Waals surface area contributed by atoms with Crippen LogP contribution >= 0.6 is 0 Å². The smallest absolute Gasteiger partial charge is 0.234 e. The third-order valence-corrected chi connectivity index (χ3v) is 3.59. The van der Waals surface area contributed by atoms with E-state index in [0.29, 0.717) is 18.6 Å². The fraction of sp³-hybridized carbons (Fsp3) is 0.923. The van der Waals surface area contributed by atoms with Crippen LogP contribution in [0.1, 0.15) is 52.9 Å². The molecule has 1 aliphatic heterocycles. The van der Waals surface area contributed by atoms with Gasteiger partial charge in [0, 0.05) is 12.1 Å². The van der Waals surface area contributed by atoms with Crippen molar-refractivity contribution in [2.45, 2.75) is 65.0 Å². The Bertz CT molecular complexity index is 218. The summed E-state index contributed by atoms with van der Waals surface area (Å²) >= 11 is 0. The maximum Gasteiger partial charge on any atom is 0.234 e. The van der Waals surface area contributed by atoms with Gasteiger partial charge < -0.3 is 5.32 Å². The second-order valence-electron chi connectivity index (χ2n) is 4.91. The summed E-state index contributed by atoms with van der Waals surface area (Å²) in [7, 11) is 0. The number of rotatable bonds is 5. The molecule has 0 bridgehead atoms. The molecule has 0 aromatic carbocycles. The highest BCUT2D eigenvalue weighted by Crippen LogP contribution is 2.18. The van der Waals surface area contributed by atoms with E-state index in [1.165, 1.54) is 19.3 Å². The maximum absolute atomic E-state index is 11.8. The van der Waals surface area contributed by atoms with Crippen LogP contribution in [0.2, 0.25) is 0 Å². The summed E-state index contributed by atoms with van der Waals surface area (Å²) in [5.41, 5.74) is 0. The van der Waals surface area contributed by atoms with Crippen molar-refractivity contribution in [1.82, 2.24) is 10.2 Å². The van der Waals surface area contributed by atoms with Crippen molar-refractivity contribution >= 4 is 5.91 Å². The van der Waals surface area contributed by atoms with Crippen LogP contribution in [0.15, 0.2) is 0 Å². The molecule has 0 spiro atoms. The Morgan fingerprint density at radius 2 is 2.19 bits per heavy atom. The summed E-state index contributed by atoms with van der Waals surface area (Å²) in [6.45, 7) is 8.05. The molecule has 0 saturated carbocycles. The van der Waals surface area contributed by atoms with E-state index in [-0.39, 0.29) is 5.91 Å². The van der Waals surface area contributed by atoms with E-state index in [4.69, 9.17) is 0 Å². The van der Waals surface area contributed by atoms with Gasteiger partial charge in [0.1, 0.15) is 0 Å². The van der Waals surface area contributed by atoms with Crippen LogP contribution in [0.5, 0.6) is 0 Å². The lowest BCUT2D eigenvalue weighted by Crippen LogP contribution is -2.46. The molecule has 0 aromatic rings. The first-order valence-electron chi connectivity index (χ1n) is 6.70. The third kappa shape index (κ3) is 4.12. The zero-order valence-electron chi connectivity index (χ0n) is 11.0. The minimum Gasteiger partial charge on any atom is -0.353 e. The predicted molar refractivity (Wildman–Crippen MR) is 67.4 cm³/mol. The van der Waals surface area contributed by atoms with Crippen LogP contribution in [-0.2, 0) is 4.79 Å². The predicted octanol–water partition coefficient (Wildman–Crippen LogP) is 2.17. The second kappa shape index (κ2) is 6.89. The van der Waals surface area contributed by atoms with E-state index in [1.54, 1.807) is 0 Å². The molecule has 1 fully saturated rings. The Hall–Kier alpha value is -0.570. The molecule has 94 valence electrons. The Morgan fingerprint density at radius 1 is 1.44 bits per heavy atom. The highest BCUT2D eigenvalue weighted by molar-refractivity contribution is 5.78. The molecule has 3 heteroatoms. The van der Waals surface area contributed by atoms with Crippen molar-refractivity contribution in [3.8, 4) is 0 Å². The number of hydrogen-bond donors (Lipinski definition) is 1. The fourth-order valence-corrected chi connectivity index (χ4v) is 2.34. The summed E-state index contributed by atoms with van der Waals surface area (Å²) in [4.78, 5) is 14.1. The van der Waals surface area contributed by atoms with Gasteiger partial charge in [-0.2, -0.15) is 0 Å². The van der Waals surface area contributed by atoms with Crippen molar-refractivity contribution in [2.75, 3.05) is 13.1 Å². The zero-order chi connectivity index (χ0) is 12.0. The first kappa shape index (κ1) is 13.5. The number of amides is 1. The Labute approximate surface area is 99.6 Å². The van der Waals surface area contributed by atoms with E-state index in [2.05, 4.69) is 31.0 Å². The highest BCUT2D eigenvalue weighted by atomic mass is 16.2. The van der Waals surface area contributed by atoms with Gasteiger partial charge in [-0.05, 0) is 39.2 Å². The average Bonchev–Trinajstić information content (AvgIpc) is 2.29. The number of carbonyl (C=O) groups is 1. The van der Waals surface area contributed by atoms with Crippen LogP contribution < -0.4 is 5.32 Å². The van der Waals surface area contributed by atoms with Crippen LogP contribution in [0.25, 0.3) is 0 Å². The minimum atomic E-state index is 0.190. The van der Waals surface area contributed by atoms with E-state index in [1.807, 2.05) is 0 Å². The van der Waals surface area contributed by atoms with Gasteiger partial charge in [0.25, 0.3) is 0 Å². The van der Waals surface area contributed by atoms with E-state index in [0.717, 1.165) is 19.4 Å². The van der Waals surface area contributed by atoms with E-state index in [9.17, 15) is 4.79 Å². The Kier molecular flexibility index (Phi) is 5.81. The van der Waals surface area contributed by atoms with Gasteiger partial charge >= 0.3 is 0 Å². The quantitative estimate of drug-likeness (QED) is 0.779. The van der Waals surface area contributed by atoms with Crippen molar-refractivity contribution in [3.63, 3.8) is 0 Å². The first-order valence-corrected chi connectivity index (χ1v) is 6.70. The Balaban J connectivity index is 2.36.